The topological polar surface area (TPSA) is 17.1 Å². The third-order valence-corrected chi connectivity index (χ3v) is 0.134. The van der Waals surface area contributed by atoms with Gasteiger partial charge in [0.2, 0.25) is 6.29 Å². The summed E-state index contributed by atoms with van der Waals surface area (Å²) in [6, 6.07) is 0. The van der Waals surface area contributed by atoms with Gasteiger partial charge in [-0.05, 0) is 0 Å². The van der Waals surface area contributed by atoms with Crippen molar-refractivity contribution in [1.29, 1.82) is 0 Å². The Morgan fingerprint density at radius 3 is 1.25 bits per heavy atom. The highest BCUT2D eigenvalue weighted by atomic mass is 35.5. The number of alkyl halides is 3. The second-order valence-electron chi connectivity index (χ2n) is 0.659. The number of hydrogen-bond acceptors (Lipinski definition) is 1. The molecule has 0 aromatic heterocycles. The van der Waals surface area contributed by atoms with Crippen molar-refractivity contribution in [2.75, 3.05) is 0 Å². The van der Waals surface area contributed by atoms with Crippen LogP contribution in [0.5, 0.6) is 0 Å². The van der Waals surface area contributed by atoms with E-state index in [1.807, 2.05) is 0 Å². The van der Waals surface area contributed by atoms with Crippen LogP contribution in [0.4, 0.5) is 13.2 Å². The van der Waals surface area contributed by atoms with Crippen LogP contribution >= 0.6 is 24.8 Å². The molecule has 0 spiro atoms. The van der Waals surface area contributed by atoms with Gasteiger partial charge >= 0.3 is 6.18 Å². The van der Waals surface area contributed by atoms with Gasteiger partial charge in [0.15, 0.2) is 0 Å². The highest BCUT2D eigenvalue weighted by Gasteiger charge is 2.24. The van der Waals surface area contributed by atoms with E-state index in [1.165, 1.54) is 0 Å². The zero-order chi connectivity index (χ0) is 5.21. The van der Waals surface area contributed by atoms with E-state index in [0.29, 0.717) is 0 Å². The van der Waals surface area contributed by atoms with E-state index < -0.39 is 12.5 Å². The summed E-state index contributed by atoms with van der Waals surface area (Å²) in [5, 5.41) is 0. The lowest BCUT2D eigenvalue weighted by Gasteiger charge is -1.87. The quantitative estimate of drug-likeness (QED) is 0.505. The Bertz CT molecular complexity index is 60.8. The van der Waals surface area contributed by atoms with Crippen LogP contribution in [-0.2, 0) is 4.79 Å². The third-order valence-electron chi connectivity index (χ3n) is 0.134. The summed E-state index contributed by atoms with van der Waals surface area (Å²) < 4.78 is 31.2. The van der Waals surface area contributed by atoms with E-state index in [2.05, 4.69) is 0 Å². The van der Waals surface area contributed by atoms with Crippen LogP contribution in [0.15, 0.2) is 0 Å². The molecule has 1 nitrogen and oxygen atoms in total. The summed E-state index contributed by atoms with van der Waals surface area (Å²) in [6.45, 7) is 0. The Kier molecular flexibility index (Phi) is 10.2. The minimum Gasteiger partial charge on any atom is -0.293 e. The number of halogens is 5. The van der Waals surface area contributed by atoms with E-state index >= 15 is 0 Å². The Hall–Kier alpha value is 0.0400. The second kappa shape index (κ2) is 5.18. The van der Waals surface area contributed by atoms with Gasteiger partial charge in [-0.2, -0.15) is 13.2 Å². The van der Waals surface area contributed by atoms with Crippen molar-refractivity contribution in [2.24, 2.45) is 0 Å². The zero-order valence-electron chi connectivity index (χ0n) is 3.44. The van der Waals surface area contributed by atoms with Crippen LogP contribution < -0.4 is 0 Å². The fourth-order valence-electron chi connectivity index (χ4n) is 0. The largest absolute Gasteiger partial charge is 0.446 e. The molecule has 0 amide bonds. The molecule has 6 heteroatoms. The van der Waals surface area contributed by atoms with Gasteiger partial charge in [0, 0.05) is 0 Å². The van der Waals surface area contributed by atoms with Crippen LogP contribution in [0.3, 0.4) is 0 Å². The lowest BCUT2D eigenvalue weighted by atomic mass is 10.8. The van der Waals surface area contributed by atoms with Gasteiger partial charge in [-0.1, -0.05) is 0 Å². The molecule has 0 aliphatic heterocycles. The fourth-order valence-corrected chi connectivity index (χ4v) is 0. The van der Waals surface area contributed by atoms with Crippen molar-refractivity contribution in [3.8, 4) is 0 Å². The lowest BCUT2D eigenvalue weighted by molar-refractivity contribution is -0.156. The van der Waals surface area contributed by atoms with Crippen molar-refractivity contribution < 1.29 is 18.0 Å². The van der Waals surface area contributed by atoms with Crippen LogP contribution in [0.1, 0.15) is 0 Å². The molecular weight excluding hydrogens is 168 g/mol. The monoisotopic (exact) mass is 170 g/mol. The van der Waals surface area contributed by atoms with E-state index in [1.54, 1.807) is 0 Å². The summed E-state index contributed by atoms with van der Waals surface area (Å²) >= 11 is 0. The Morgan fingerprint density at radius 2 is 1.25 bits per heavy atom. The van der Waals surface area contributed by atoms with Gasteiger partial charge in [-0.25, -0.2) is 0 Å². The third kappa shape index (κ3) is 16.6. The normalized spacial score (nSPS) is 8.38. The molecule has 0 heterocycles. The Labute approximate surface area is 56.1 Å². The molecule has 0 aromatic carbocycles. The lowest BCUT2D eigenvalue weighted by Crippen LogP contribution is -2.07. The minimum absolute atomic E-state index is 0. The molecule has 0 fully saturated rings. The zero-order valence-corrected chi connectivity index (χ0v) is 5.07. The summed E-state index contributed by atoms with van der Waals surface area (Å²) in [6.07, 6.45) is -5.70. The summed E-state index contributed by atoms with van der Waals surface area (Å²) in [4.78, 5) is 8.70. The van der Waals surface area contributed by atoms with Gasteiger partial charge in [0.05, 0.1) is 0 Å². The van der Waals surface area contributed by atoms with Crippen molar-refractivity contribution >= 4 is 31.1 Å². The minimum atomic E-state index is -4.64. The van der Waals surface area contributed by atoms with Gasteiger partial charge < -0.3 is 0 Å². The summed E-state index contributed by atoms with van der Waals surface area (Å²) in [7, 11) is 0. The van der Waals surface area contributed by atoms with E-state index in [-0.39, 0.29) is 24.8 Å². The molecule has 8 heavy (non-hydrogen) atoms. The van der Waals surface area contributed by atoms with Crippen molar-refractivity contribution in [3.63, 3.8) is 0 Å². The fraction of sp³-hybridized carbons (Fsp3) is 0.500. The van der Waals surface area contributed by atoms with Crippen LogP contribution in [0, 0.1) is 0 Å². The smallest absolute Gasteiger partial charge is 0.293 e. The van der Waals surface area contributed by atoms with E-state index in [0.717, 1.165) is 0 Å². The first-order valence-corrected chi connectivity index (χ1v) is 1.09. The van der Waals surface area contributed by atoms with Crippen molar-refractivity contribution in [3.05, 3.63) is 0 Å². The Balaban J connectivity index is -0.000000125. The van der Waals surface area contributed by atoms with E-state index in [9.17, 15) is 13.2 Å². The van der Waals surface area contributed by atoms with Crippen LogP contribution in [0.2, 0.25) is 0 Å². The first-order chi connectivity index (χ1) is 2.56. The predicted molar refractivity (Wildman–Crippen MR) is 26.6 cm³/mol. The maximum atomic E-state index is 10.4. The molecule has 0 N–H and O–H groups in total. The number of rotatable bonds is 0. The first kappa shape index (κ1) is 15.7. The molecule has 0 saturated carbocycles. The van der Waals surface area contributed by atoms with Crippen molar-refractivity contribution in [1.82, 2.24) is 0 Å². The molecule has 0 radical (unpaired) electrons. The highest BCUT2D eigenvalue weighted by Crippen LogP contribution is 2.08. The molecule has 0 aliphatic rings. The molecule has 0 bridgehead atoms. The maximum Gasteiger partial charge on any atom is 0.446 e. The second-order valence-corrected chi connectivity index (χ2v) is 0.659. The SMILES string of the molecule is Cl.Cl.O=CC(F)(F)F. The number of carbonyl (C=O) groups excluding carboxylic acids is 1. The molecule has 0 rings (SSSR count). The standard InChI is InChI=1S/C2HF3O.2ClH/c3-2(4,5)1-6;;/h1H;2*1H. The van der Waals surface area contributed by atoms with E-state index in [4.69, 9.17) is 4.79 Å². The number of hydrogen-bond donors (Lipinski definition) is 0. The van der Waals surface area contributed by atoms with Crippen molar-refractivity contribution in [2.45, 2.75) is 6.18 Å². The molecular formula is C2H3Cl2F3O. The first-order valence-electron chi connectivity index (χ1n) is 1.09. The number of aldehydes is 1. The van der Waals surface area contributed by atoms with Gasteiger partial charge in [0.1, 0.15) is 0 Å². The van der Waals surface area contributed by atoms with Gasteiger partial charge in [-0.15, -0.1) is 24.8 Å². The average molecular weight is 171 g/mol. The molecule has 0 aromatic rings. The van der Waals surface area contributed by atoms with Crippen LogP contribution in [0.25, 0.3) is 0 Å². The van der Waals surface area contributed by atoms with Gasteiger partial charge in [0.25, 0.3) is 0 Å². The molecule has 0 unspecified atom stereocenters. The molecule has 0 aliphatic carbocycles. The molecule has 52 valence electrons. The van der Waals surface area contributed by atoms with Gasteiger partial charge in [-0.3, -0.25) is 4.79 Å². The summed E-state index contributed by atoms with van der Waals surface area (Å²) in [5.41, 5.74) is 0. The Morgan fingerprint density at radius 1 is 1.12 bits per heavy atom. The van der Waals surface area contributed by atoms with Crippen LogP contribution in [-0.4, -0.2) is 12.5 Å². The number of carbonyl (C=O) groups is 1. The highest BCUT2D eigenvalue weighted by molar-refractivity contribution is 5.85. The predicted octanol–water partition coefficient (Wildman–Crippen LogP) is 1.59. The average Bonchev–Trinajstić information content (AvgIpc) is 1.35. The molecule has 0 atom stereocenters. The summed E-state index contributed by atoms with van der Waals surface area (Å²) in [5.74, 6) is 0. The maximum absolute atomic E-state index is 10.4. The molecule has 0 saturated heterocycles.